The fourth-order valence-corrected chi connectivity index (χ4v) is 3.76. The van der Waals surface area contributed by atoms with E-state index >= 15 is 0 Å². The molecule has 0 saturated carbocycles. The SMILES string of the molecule is CN(C)c1cccc(Nc2nccc(Oc3ccc4c(c3)CCN4c3ccccn3)n2)c1. The maximum Gasteiger partial charge on any atom is 0.230 e. The molecule has 1 aliphatic heterocycles. The second-order valence-electron chi connectivity index (χ2n) is 7.77. The van der Waals surface area contributed by atoms with Crippen LogP contribution in [0.4, 0.5) is 28.8 Å². The number of pyridine rings is 1. The number of fused-ring (bicyclic) bond motifs is 1. The molecule has 0 atom stereocenters. The van der Waals surface area contributed by atoms with Gasteiger partial charge in [-0.1, -0.05) is 12.1 Å². The molecule has 4 aromatic rings. The smallest absolute Gasteiger partial charge is 0.230 e. The maximum atomic E-state index is 6.05. The van der Waals surface area contributed by atoms with Crippen LogP contribution in [0.15, 0.2) is 79.1 Å². The van der Waals surface area contributed by atoms with Crippen LogP contribution in [-0.2, 0) is 6.42 Å². The molecule has 0 aliphatic carbocycles. The molecule has 0 amide bonds. The van der Waals surface area contributed by atoms with Crippen molar-refractivity contribution >= 4 is 28.8 Å². The Morgan fingerprint density at radius 1 is 0.938 bits per heavy atom. The summed E-state index contributed by atoms with van der Waals surface area (Å²) in [6.45, 7) is 0.906. The summed E-state index contributed by atoms with van der Waals surface area (Å²) in [6.07, 6.45) is 4.46. The first kappa shape index (κ1) is 19.8. The van der Waals surface area contributed by atoms with E-state index in [1.807, 2.05) is 62.8 Å². The summed E-state index contributed by atoms with van der Waals surface area (Å²) in [7, 11) is 4.02. The van der Waals surface area contributed by atoms with Crippen LogP contribution in [0.1, 0.15) is 5.56 Å². The molecule has 0 spiro atoms. The van der Waals surface area contributed by atoms with Gasteiger partial charge in [0.15, 0.2) is 0 Å². The molecule has 1 N–H and O–H groups in total. The average molecular weight is 425 g/mol. The van der Waals surface area contributed by atoms with E-state index in [9.17, 15) is 0 Å². The Morgan fingerprint density at radius 2 is 1.88 bits per heavy atom. The lowest BCUT2D eigenvalue weighted by molar-refractivity contribution is 0.462. The highest BCUT2D eigenvalue weighted by molar-refractivity contribution is 5.68. The van der Waals surface area contributed by atoms with E-state index < -0.39 is 0 Å². The fourth-order valence-electron chi connectivity index (χ4n) is 3.76. The van der Waals surface area contributed by atoms with E-state index in [1.54, 1.807) is 12.3 Å². The largest absolute Gasteiger partial charge is 0.439 e. The van der Waals surface area contributed by atoms with Crippen molar-refractivity contribution in [3.8, 4) is 11.6 Å². The van der Waals surface area contributed by atoms with Gasteiger partial charge in [-0.15, -0.1) is 0 Å². The van der Waals surface area contributed by atoms with E-state index in [4.69, 9.17) is 4.74 Å². The van der Waals surface area contributed by atoms with Crippen molar-refractivity contribution in [3.63, 3.8) is 0 Å². The van der Waals surface area contributed by atoms with Gasteiger partial charge in [0.2, 0.25) is 11.8 Å². The van der Waals surface area contributed by atoms with E-state index in [0.29, 0.717) is 11.8 Å². The molecule has 0 saturated heterocycles. The maximum absolute atomic E-state index is 6.05. The molecule has 5 rings (SSSR count). The monoisotopic (exact) mass is 424 g/mol. The Morgan fingerprint density at radius 3 is 2.72 bits per heavy atom. The van der Waals surface area contributed by atoms with Crippen molar-refractivity contribution in [1.29, 1.82) is 0 Å². The Labute approximate surface area is 187 Å². The van der Waals surface area contributed by atoms with Crippen LogP contribution in [0.2, 0.25) is 0 Å². The number of nitrogens with one attached hydrogen (secondary N) is 1. The van der Waals surface area contributed by atoms with E-state index in [2.05, 4.69) is 48.3 Å². The summed E-state index contributed by atoms with van der Waals surface area (Å²) in [4.78, 5) is 17.6. The zero-order chi connectivity index (χ0) is 21.9. The quantitative estimate of drug-likeness (QED) is 0.458. The van der Waals surface area contributed by atoms with Crippen LogP contribution < -0.4 is 19.9 Å². The standard InChI is InChI=1S/C25H24N6O/c1-30(2)20-7-5-6-19(17-20)28-25-27-14-11-24(29-25)32-21-9-10-22-18(16-21)12-15-31(22)23-8-3-4-13-26-23/h3-11,13-14,16-17H,12,15H2,1-2H3,(H,27,28,29). The first-order valence-electron chi connectivity index (χ1n) is 10.5. The molecule has 0 fully saturated rings. The molecule has 160 valence electrons. The number of benzene rings is 2. The van der Waals surface area contributed by atoms with Crippen molar-refractivity contribution in [3.05, 3.63) is 84.7 Å². The summed E-state index contributed by atoms with van der Waals surface area (Å²) in [5.41, 5.74) is 4.42. The minimum Gasteiger partial charge on any atom is -0.439 e. The minimum absolute atomic E-state index is 0.487. The molecule has 3 heterocycles. The first-order valence-corrected chi connectivity index (χ1v) is 10.5. The number of hydrogen-bond donors (Lipinski definition) is 1. The average Bonchev–Trinajstić information content (AvgIpc) is 3.23. The van der Waals surface area contributed by atoms with Gasteiger partial charge in [0.05, 0.1) is 0 Å². The summed E-state index contributed by atoms with van der Waals surface area (Å²) in [5.74, 6) is 2.70. The highest BCUT2D eigenvalue weighted by Crippen LogP contribution is 2.36. The normalized spacial score (nSPS) is 12.4. The third-order valence-corrected chi connectivity index (χ3v) is 5.34. The summed E-state index contributed by atoms with van der Waals surface area (Å²) in [5, 5.41) is 3.25. The van der Waals surface area contributed by atoms with Crippen LogP contribution in [0.25, 0.3) is 0 Å². The van der Waals surface area contributed by atoms with E-state index in [1.165, 1.54) is 11.3 Å². The lowest BCUT2D eigenvalue weighted by Gasteiger charge is -2.18. The molecule has 0 radical (unpaired) electrons. The molecule has 0 unspecified atom stereocenters. The fraction of sp³-hybridized carbons (Fsp3) is 0.160. The topological polar surface area (TPSA) is 66.4 Å². The van der Waals surface area contributed by atoms with Crippen molar-refractivity contribution < 1.29 is 4.74 Å². The highest BCUT2D eigenvalue weighted by Gasteiger charge is 2.21. The molecule has 32 heavy (non-hydrogen) atoms. The Hall–Kier alpha value is -4.13. The second kappa shape index (κ2) is 8.55. The van der Waals surface area contributed by atoms with Crippen LogP contribution in [0.3, 0.4) is 0 Å². The van der Waals surface area contributed by atoms with Crippen molar-refractivity contribution in [2.75, 3.05) is 35.8 Å². The molecule has 2 aromatic heterocycles. The second-order valence-corrected chi connectivity index (χ2v) is 7.77. The predicted molar refractivity (Wildman–Crippen MR) is 128 cm³/mol. The van der Waals surface area contributed by atoms with Gasteiger partial charge in [-0.3, -0.25) is 0 Å². The predicted octanol–water partition coefficient (Wildman–Crippen LogP) is 5.17. The van der Waals surface area contributed by atoms with Crippen LogP contribution >= 0.6 is 0 Å². The van der Waals surface area contributed by atoms with Crippen molar-refractivity contribution in [2.24, 2.45) is 0 Å². The number of anilines is 5. The molecule has 2 aromatic carbocycles. The van der Waals surface area contributed by atoms with Gasteiger partial charge >= 0.3 is 0 Å². The lowest BCUT2D eigenvalue weighted by atomic mass is 10.1. The minimum atomic E-state index is 0.487. The summed E-state index contributed by atoms with van der Waals surface area (Å²) >= 11 is 0. The molecule has 7 heteroatoms. The molecular formula is C25H24N6O. The van der Waals surface area contributed by atoms with Crippen LogP contribution in [-0.4, -0.2) is 35.6 Å². The summed E-state index contributed by atoms with van der Waals surface area (Å²) in [6, 6.07) is 21.9. The summed E-state index contributed by atoms with van der Waals surface area (Å²) < 4.78 is 6.05. The molecule has 1 aliphatic rings. The Kier molecular flexibility index (Phi) is 5.29. The molecular weight excluding hydrogens is 400 g/mol. The van der Waals surface area contributed by atoms with E-state index in [0.717, 1.165) is 35.9 Å². The lowest BCUT2D eigenvalue weighted by Crippen LogP contribution is -2.14. The van der Waals surface area contributed by atoms with Crippen molar-refractivity contribution in [1.82, 2.24) is 15.0 Å². The number of rotatable bonds is 6. The van der Waals surface area contributed by atoms with Gasteiger partial charge in [-0.25, -0.2) is 9.97 Å². The first-order chi connectivity index (χ1) is 15.7. The molecule has 0 bridgehead atoms. The Balaban J connectivity index is 1.32. The zero-order valence-electron chi connectivity index (χ0n) is 18.1. The highest BCUT2D eigenvalue weighted by atomic mass is 16.5. The Bertz CT molecular complexity index is 1230. The number of hydrogen-bond acceptors (Lipinski definition) is 7. The third kappa shape index (κ3) is 4.18. The van der Waals surface area contributed by atoms with Gasteiger partial charge in [0.25, 0.3) is 0 Å². The van der Waals surface area contributed by atoms with Gasteiger partial charge < -0.3 is 19.9 Å². The van der Waals surface area contributed by atoms with Gasteiger partial charge in [0.1, 0.15) is 11.6 Å². The van der Waals surface area contributed by atoms with E-state index in [-0.39, 0.29) is 0 Å². The zero-order valence-corrected chi connectivity index (χ0v) is 18.1. The number of aromatic nitrogens is 3. The third-order valence-electron chi connectivity index (χ3n) is 5.34. The number of ether oxygens (including phenoxy) is 1. The van der Waals surface area contributed by atoms with Gasteiger partial charge in [0, 0.05) is 56.2 Å². The van der Waals surface area contributed by atoms with Crippen LogP contribution in [0.5, 0.6) is 11.6 Å². The molecule has 7 nitrogen and oxygen atoms in total. The van der Waals surface area contributed by atoms with Crippen LogP contribution in [0, 0.1) is 0 Å². The van der Waals surface area contributed by atoms with Crippen molar-refractivity contribution in [2.45, 2.75) is 6.42 Å². The number of nitrogens with zero attached hydrogens (tertiary/aromatic N) is 5. The van der Waals surface area contributed by atoms with Gasteiger partial charge in [-0.2, -0.15) is 4.98 Å². The van der Waals surface area contributed by atoms with Gasteiger partial charge in [-0.05, 0) is 60.5 Å².